The van der Waals surface area contributed by atoms with Gasteiger partial charge in [0, 0.05) is 38.5 Å². The van der Waals surface area contributed by atoms with Crippen LogP contribution in [0.3, 0.4) is 0 Å². The molecule has 2 N–H and O–H groups in total. The maximum Gasteiger partial charge on any atom is 0.304 e. The highest BCUT2D eigenvalue weighted by Crippen LogP contribution is 2.36. The molecule has 0 aliphatic heterocycles. The number of nitro groups is 1. The summed E-state index contributed by atoms with van der Waals surface area (Å²) >= 11 is 0.811. The molecule has 9 nitrogen and oxygen atoms in total. The third-order valence-electron chi connectivity index (χ3n) is 2.60. The molecule has 0 bridgehead atoms. The van der Waals surface area contributed by atoms with Gasteiger partial charge in [0.2, 0.25) is 0 Å². The standard InChI is InChI=1S/C10H13N5O4S2/c1-11-10-8(15(16)17)3-9(20-10)21(18,19)13-5-7-4-12-14(2)6-7/h3-4,6,11,13H,5H2,1-2H3. The van der Waals surface area contributed by atoms with Crippen molar-refractivity contribution in [3.05, 3.63) is 34.1 Å². The molecule has 0 atom stereocenters. The molecule has 2 rings (SSSR count). The number of thiophene rings is 1. The first-order valence-corrected chi connectivity index (χ1v) is 8.06. The predicted octanol–water partition coefficient (Wildman–Crippen LogP) is 0.910. The van der Waals surface area contributed by atoms with Gasteiger partial charge in [0.1, 0.15) is 4.21 Å². The maximum atomic E-state index is 12.1. The highest BCUT2D eigenvalue weighted by molar-refractivity contribution is 7.91. The van der Waals surface area contributed by atoms with Gasteiger partial charge in [0.15, 0.2) is 5.00 Å². The Morgan fingerprint density at radius 1 is 1.52 bits per heavy atom. The monoisotopic (exact) mass is 331 g/mol. The van der Waals surface area contributed by atoms with Crippen LogP contribution in [-0.4, -0.2) is 30.2 Å². The van der Waals surface area contributed by atoms with Crippen LogP contribution in [0.4, 0.5) is 10.7 Å². The van der Waals surface area contributed by atoms with Gasteiger partial charge in [-0.3, -0.25) is 14.8 Å². The van der Waals surface area contributed by atoms with E-state index in [0.29, 0.717) is 5.56 Å². The molecule has 0 radical (unpaired) electrons. The number of aromatic nitrogens is 2. The number of aryl methyl sites for hydroxylation is 1. The zero-order valence-corrected chi connectivity index (χ0v) is 12.9. The first-order chi connectivity index (χ1) is 9.83. The van der Waals surface area contributed by atoms with Gasteiger partial charge in [-0.25, -0.2) is 13.1 Å². The lowest BCUT2D eigenvalue weighted by Crippen LogP contribution is -2.22. The van der Waals surface area contributed by atoms with Crippen molar-refractivity contribution in [2.24, 2.45) is 7.05 Å². The van der Waals surface area contributed by atoms with Gasteiger partial charge < -0.3 is 5.32 Å². The van der Waals surface area contributed by atoms with Crippen molar-refractivity contribution in [3.63, 3.8) is 0 Å². The molecule has 0 unspecified atom stereocenters. The van der Waals surface area contributed by atoms with Crippen LogP contribution in [0.25, 0.3) is 0 Å². The van der Waals surface area contributed by atoms with Crippen LogP contribution in [0, 0.1) is 10.1 Å². The third kappa shape index (κ3) is 3.37. The molecular formula is C10H13N5O4S2. The first-order valence-electron chi connectivity index (χ1n) is 5.76. The summed E-state index contributed by atoms with van der Waals surface area (Å²) in [5.74, 6) is 0. The molecule has 0 saturated carbocycles. The van der Waals surface area contributed by atoms with E-state index in [-0.39, 0.29) is 21.4 Å². The minimum Gasteiger partial charge on any atom is -0.374 e. The zero-order valence-electron chi connectivity index (χ0n) is 11.2. The zero-order chi connectivity index (χ0) is 15.6. The van der Waals surface area contributed by atoms with E-state index in [1.807, 2.05) is 0 Å². The van der Waals surface area contributed by atoms with E-state index in [4.69, 9.17) is 0 Å². The van der Waals surface area contributed by atoms with E-state index >= 15 is 0 Å². The van der Waals surface area contributed by atoms with E-state index in [1.54, 1.807) is 24.1 Å². The first kappa shape index (κ1) is 15.4. The Morgan fingerprint density at radius 3 is 2.71 bits per heavy atom. The molecule has 114 valence electrons. The topological polar surface area (TPSA) is 119 Å². The third-order valence-corrected chi connectivity index (χ3v) is 5.62. The molecule has 21 heavy (non-hydrogen) atoms. The van der Waals surface area contributed by atoms with E-state index in [2.05, 4.69) is 15.1 Å². The van der Waals surface area contributed by atoms with Crippen LogP contribution in [0.1, 0.15) is 5.56 Å². The summed E-state index contributed by atoms with van der Waals surface area (Å²) < 4.78 is 28.1. The van der Waals surface area contributed by atoms with Gasteiger partial charge in [0.05, 0.1) is 11.1 Å². The summed E-state index contributed by atoms with van der Waals surface area (Å²) in [6.45, 7) is 0.0662. The number of rotatable bonds is 6. The molecule has 0 amide bonds. The summed E-state index contributed by atoms with van der Waals surface area (Å²) in [6, 6.07) is 1.04. The van der Waals surface area contributed by atoms with Gasteiger partial charge in [-0.1, -0.05) is 11.3 Å². The number of hydrogen-bond acceptors (Lipinski definition) is 7. The summed E-state index contributed by atoms with van der Waals surface area (Å²) in [4.78, 5) is 10.2. The van der Waals surface area contributed by atoms with E-state index in [1.165, 1.54) is 7.05 Å². The summed E-state index contributed by atoms with van der Waals surface area (Å²) in [5, 5.41) is 17.6. The smallest absolute Gasteiger partial charge is 0.304 e. The second-order valence-corrected chi connectivity index (χ2v) is 7.18. The summed E-state index contributed by atoms with van der Waals surface area (Å²) in [5.41, 5.74) is 0.435. The SMILES string of the molecule is CNc1sc(S(=O)(=O)NCc2cnn(C)c2)cc1[N+](=O)[O-]. The van der Waals surface area contributed by atoms with Gasteiger partial charge in [0.25, 0.3) is 10.0 Å². The van der Waals surface area contributed by atoms with Crippen molar-refractivity contribution < 1.29 is 13.3 Å². The Labute approximate surface area is 124 Å². The van der Waals surface area contributed by atoms with E-state index in [0.717, 1.165) is 17.4 Å². The largest absolute Gasteiger partial charge is 0.374 e. The lowest BCUT2D eigenvalue weighted by atomic mass is 10.4. The molecule has 2 heterocycles. The fraction of sp³-hybridized carbons (Fsp3) is 0.300. The molecule has 0 aromatic carbocycles. The highest BCUT2D eigenvalue weighted by atomic mass is 32.2. The number of hydrogen-bond donors (Lipinski definition) is 2. The van der Waals surface area contributed by atoms with E-state index < -0.39 is 14.9 Å². The van der Waals surface area contributed by atoms with Crippen molar-refractivity contribution in [1.29, 1.82) is 0 Å². The van der Waals surface area contributed by atoms with Crippen LogP contribution < -0.4 is 10.0 Å². The van der Waals surface area contributed by atoms with Gasteiger partial charge in [-0.15, -0.1) is 0 Å². The lowest BCUT2D eigenvalue weighted by molar-refractivity contribution is -0.383. The molecule has 11 heteroatoms. The van der Waals surface area contributed by atoms with Crippen molar-refractivity contribution >= 4 is 32.0 Å². The Kier molecular flexibility index (Phi) is 4.25. The minimum absolute atomic E-state index is 0.0662. The molecule has 0 aliphatic carbocycles. The molecule has 0 saturated heterocycles. The highest BCUT2D eigenvalue weighted by Gasteiger charge is 2.25. The molecule has 2 aromatic heterocycles. The molecule has 0 fully saturated rings. The maximum absolute atomic E-state index is 12.1. The van der Waals surface area contributed by atoms with Gasteiger partial charge >= 0.3 is 5.69 Å². The van der Waals surface area contributed by atoms with Crippen LogP contribution in [-0.2, 0) is 23.6 Å². The van der Waals surface area contributed by atoms with Crippen molar-refractivity contribution in [3.8, 4) is 0 Å². The summed E-state index contributed by atoms with van der Waals surface area (Å²) in [7, 11) is -0.587. The number of anilines is 1. The second-order valence-electron chi connectivity index (χ2n) is 4.13. The van der Waals surface area contributed by atoms with Crippen LogP contribution in [0.2, 0.25) is 0 Å². The van der Waals surface area contributed by atoms with Gasteiger partial charge in [-0.05, 0) is 0 Å². The quantitative estimate of drug-likeness (QED) is 0.600. The van der Waals surface area contributed by atoms with Crippen molar-refractivity contribution in [1.82, 2.24) is 14.5 Å². The Hall–Kier alpha value is -1.98. The molecule has 0 aliphatic rings. The Morgan fingerprint density at radius 2 is 2.24 bits per heavy atom. The van der Waals surface area contributed by atoms with Crippen LogP contribution in [0.15, 0.2) is 22.7 Å². The average molecular weight is 331 g/mol. The molecule has 0 spiro atoms. The number of nitrogens with one attached hydrogen (secondary N) is 2. The Balaban J connectivity index is 2.21. The molecule has 2 aromatic rings. The molecular weight excluding hydrogens is 318 g/mol. The number of nitrogens with zero attached hydrogens (tertiary/aromatic N) is 3. The van der Waals surface area contributed by atoms with Crippen molar-refractivity contribution in [2.75, 3.05) is 12.4 Å². The van der Waals surface area contributed by atoms with Crippen molar-refractivity contribution in [2.45, 2.75) is 10.8 Å². The Bertz CT molecular complexity index is 764. The minimum atomic E-state index is -3.81. The normalized spacial score (nSPS) is 11.5. The number of sulfonamides is 1. The summed E-state index contributed by atoms with van der Waals surface area (Å²) in [6.07, 6.45) is 3.22. The lowest BCUT2D eigenvalue weighted by Gasteiger charge is -2.02. The van der Waals surface area contributed by atoms with Gasteiger partial charge in [-0.2, -0.15) is 5.10 Å². The van der Waals surface area contributed by atoms with Crippen LogP contribution >= 0.6 is 11.3 Å². The second kappa shape index (κ2) is 5.79. The fourth-order valence-corrected chi connectivity index (χ4v) is 3.96. The predicted molar refractivity (Wildman–Crippen MR) is 77.8 cm³/mol. The fourth-order valence-electron chi connectivity index (χ4n) is 1.62. The van der Waals surface area contributed by atoms with Crippen LogP contribution in [0.5, 0.6) is 0 Å². The van der Waals surface area contributed by atoms with E-state index in [9.17, 15) is 18.5 Å². The average Bonchev–Trinajstić information content (AvgIpc) is 3.02.